The van der Waals surface area contributed by atoms with Crippen molar-refractivity contribution in [3.8, 4) is 0 Å². The monoisotopic (exact) mass is 125 g/mol. The minimum Gasteiger partial charge on any atom is -0.410 e. The van der Waals surface area contributed by atoms with Crippen LogP contribution in [0, 0.1) is 0 Å². The van der Waals surface area contributed by atoms with Crippen LogP contribution in [-0.2, 0) is 6.42 Å². The molecule has 48 valence electrons. The standard InChI is InChI=1S/C5H7N3O/c1-2-3-5-4-6-7-8(5)9/h2,4,9H,1,3H2. The van der Waals surface area contributed by atoms with Crippen LogP contribution >= 0.6 is 0 Å². The quantitative estimate of drug-likeness (QED) is 0.455. The highest BCUT2D eigenvalue weighted by Crippen LogP contribution is 1.93. The first kappa shape index (κ1) is 5.81. The Labute approximate surface area is 52.4 Å². The van der Waals surface area contributed by atoms with Gasteiger partial charge in [-0.2, -0.15) is 0 Å². The second-order valence-corrected chi connectivity index (χ2v) is 1.61. The van der Waals surface area contributed by atoms with E-state index >= 15 is 0 Å². The lowest BCUT2D eigenvalue weighted by Gasteiger charge is -1.89. The molecule has 0 saturated carbocycles. The molecule has 1 aromatic rings. The zero-order valence-corrected chi connectivity index (χ0v) is 4.86. The maximum Gasteiger partial charge on any atom is 0.104 e. The molecule has 1 rings (SSSR count). The molecule has 1 aromatic heterocycles. The van der Waals surface area contributed by atoms with Crippen LogP contribution in [0.5, 0.6) is 0 Å². The average molecular weight is 125 g/mol. The largest absolute Gasteiger partial charge is 0.410 e. The van der Waals surface area contributed by atoms with E-state index in [0.29, 0.717) is 12.1 Å². The van der Waals surface area contributed by atoms with Crippen molar-refractivity contribution in [2.75, 3.05) is 0 Å². The molecule has 0 aliphatic heterocycles. The Hall–Kier alpha value is -1.32. The highest BCUT2D eigenvalue weighted by Gasteiger charge is 1.96. The van der Waals surface area contributed by atoms with E-state index in [9.17, 15) is 0 Å². The SMILES string of the molecule is C=CCc1cnnn1O. The molecule has 0 saturated heterocycles. The smallest absolute Gasteiger partial charge is 0.104 e. The van der Waals surface area contributed by atoms with Crippen LogP contribution in [0.2, 0.25) is 0 Å². The molecule has 0 amide bonds. The molecule has 0 aliphatic rings. The Balaban J connectivity index is 2.80. The van der Waals surface area contributed by atoms with Crippen molar-refractivity contribution in [1.29, 1.82) is 0 Å². The number of hydrogen-bond acceptors (Lipinski definition) is 3. The van der Waals surface area contributed by atoms with E-state index in [-0.39, 0.29) is 0 Å². The summed E-state index contributed by atoms with van der Waals surface area (Å²) in [4.78, 5) is 0.738. The van der Waals surface area contributed by atoms with Crippen molar-refractivity contribution in [2.24, 2.45) is 0 Å². The Morgan fingerprint density at radius 1 is 1.89 bits per heavy atom. The minimum absolute atomic E-state index is 0.587. The zero-order chi connectivity index (χ0) is 6.69. The van der Waals surface area contributed by atoms with Crippen LogP contribution in [0.1, 0.15) is 5.69 Å². The lowest BCUT2D eigenvalue weighted by Crippen LogP contribution is -1.97. The molecule has 0 spiro atoms. The molecule has 0 unspecified atom stereocenters. The average Bonchev–Trinajstić information content (AvgIpc) is 2.18. The van der Waals surface area contributed by atoms with Gasteiger partial charge in [0.2, 0.25) is 0 Å². The molecular weight excluding hydrogens is 118 g/mol. The molecular formula is C5H7N3O. The van der Waals surface area contributed by atoms with Crippen molar-refractivity contribution in [3.05, 3.63) is 24.5 Å². The number of nitrogens with zero attached hydrogens (tertiary/aromatic N) is 3. The lowest BCUT2D eigenvalue weighted by atomic mass is 10.3. The fraction of sp³-hybridized carbons (Fsp3) is 0.200. The molecule has 9 heavy (non-hydrogen) atoms. The van der Waals surface area contributed by atoms with Gasteiger partial charge in [-0.3, -0.25) is 0 Å². The minimum atomic E-state index is 0.587. The van der Waals surface area contributed by atoms with E-state index in [1.54, 1.807) is 6.08 Å². The first-order valence-corrected chi connectivity index (χ1v) is 2.54. The first-order valence-electron chi connectivity index (χ1n) is 2.54. The van der Waals surface area contributed by atoms with Gasteiger partial charge in [0.1, 0.15) is 5.69 Å². The summed E-state index contributed by atoms with van der Waals surface area (Å²) in [7, 11) is 0. The zero-order valence-electron chi connectivity index (χ0n) is 4.86. The van der Waals surface area contributed by atoms with Crippen molar-refractivity contribution < 1.29 is 5.21 Å². The van der Waals surface area contributed by atoms with Gasteiger partial charge in [0.05, 0.1) is 6.20 Å². The summed E-state index contributed by atoms with van der Waals surface area (Å²) in [6.07, 6.45) is 3.75. The highest BCUT2D eigenvalue weighted by atomic mass is 16.5. The summed E-state index contributed by atoms with van der Waals surface area (Å²) in [5.74, 6) is 0. The molecule has 0 fully saturated rings. The van der Waals surface area contributed by atoms with E-state index < -0.39 is 0 Å². The van der Waals surface area contributed by atoms with Crippen LogP contribution in [0.4, 0.5) is 0 Å². The summed E-state index contributed by atoms with van der Waals surface area (Å²) in [5.41, 5.74) is 0.644. The summed E-state index contributed by atoms with van der Waals surface area (Å²) in [6.45, 7) is 3.50. The molecule has 4 heteroatoms. The second-order valence-electron chi connectivity index (χ2n) is 1.61. The van der Waals surface area contributed by atoms with Crippen molar-refractivity contribution in [3.63, 3.8) is 0 Å². The number of aromatic nitrogens is 3. The third-order valence-corrected chi connectivity index (χ3v) is 0.953. The Morgan fingerprint density at radius 3 is 3.11 bits per heavy atom. The van der Waals surface area contributed by atoms with Crippen LogP contribution in [0.25, 0.3) is 0 Å². The normalized spacial score (nSPS) is 9.33. The van der Waals surface area contributed by atoms with Gasteiger partial charge >= 0.3 is 0 Å². The summed E-state index contributed by atoms with van der Waals surface area (Å²) >= 11 is 0. The van der Waals surface area contributed by atoms with E-state index in [1.807, 2.05) is 0 Å². The van der Waals surface area contributed by atoms with E-state index in [0.717, 1.165) is 4.85 Å². The summed E-state index contributed by atoms with van der Waals surface area (Å²) < 4.78 is 0. The van der Waals surface area contributed by atoms with E-state index in [1.165, 1.54) is 6.20 Å². The van der Waals surface area contributed by atoms with Crippen molar-refractivity contribution in [2.45, 2.75) is 6.42 Å². The highest BCUT2D eigenvalue weighted by molar-refractivity contribution is 4.97. The van der Waals surface area contributed by atoms with Crippen LogP contribution in [0.15, 0.2) is 18.9 Å². The first-order chi connectivity index (χ1) is 4.34. The third-order valence-electron chi connectivity index (χ3n) is 0.953. The fourth-order valence-electron chi connectivity index (χ4n) is 0.533. The van der Waals surface area contributed by atoms with Gasteiger partial charge in [0, 0.05) is 6.42 Å². The molecule has 0 aromatic carbocycles. The molecule has 0 bridgehead atoms. The fourth-order valence-corrected chi connectivity index (χ4v) is 0.533. The van der Waals surface area contributed by atoms with Gasteiger partial charge in [-0.1, -0.05) is 10.9 Å². The van der Waals surface area contributed by atoms with Gasteiger partial charge in [0.15, 0.2) is 0 Å². The van der Waals surface area contributed by atoms with E-state index in [2.05, 4.69) is 16.9 Å². The number of hydrogen-bond donors (Lipinski definition) is 1. The molecule has 1 N–H and O–H groups in total. The number of allylic oxidation sites excluding steroid dienone is 1. The predicted molar refractivity (Wildman–Crippen MR) is 31.1 cm³/mol. The van der Waals surface area contributed by atoms with Crippen molar-refractivity contribution in [1.82, 2.24) is 15.2 Å². The Bertz CT molecular complexity index is 206. The summed E-state index contributed by atoms with van der Waals surface area (Å²) in [6, 6.07) is 0. The van der Waals surface area contributed by atoms with Gasteiger partial charge in [-0.25, -0.2) is 0 Å². The van der Waals surface area contributed by atoms with Crippen LogP contribution < -0.4 is 0 Å². The van der Waals surface area contributed by atoms with Gasteiger partial charge in [-0.15, -0.1) is 11.7 Å². The maximum atomic E-state index is 8.78. The molecule has 0 radical (unpaired) electrons. The predicted octanol–water partition coefficient (Wildman–Crippen LogP) is 0.244. The van der Waals surface area contributed by atoms with Gasteiger partial charge in [-0.05, 0) is 5.21 Å². The Kier molecular flexibility index (Phi) is 1.48. The van der Waals surface area contributed by atoms with Gasteiger partial charge in [0.25, 0.3) is 0 Å². The lowest BCUT2D eigenvalue weighted by molar-refractivity contribution is 0.135. The van der Waals surface area contributed by atoms with Crippen LogP contribution in [0.3, 0.4) is 0 Å². The van der Waals surface area contributed by atoms with E-state index in [4.69, 9.17) is 5.21 Å². The van der Waals surface area contributed by atoms with Crippen LogP contribution in [-0.4, -0.2) is 20.4 Å². The third kappa shape index (κ3) is 1.07. The molecule has 0 atom stereocenters. The molecule has 0 aliphatic carbocycles. The number of rotatable bonds is 2. The maximum absolute atomic E-state index is 8.78. The summed E-state index contributed by atoms with van der Waals surface area (Å²) in [5, 5.41) is 15.5. The topological polar surface area (TPSA) is 50.9 Å². The van der Waals surface area contributed by atoms with Crippen molar-refractivity contribution >= 4 is 0 Å². The Morgan fingerprint density at radius 2 is 2.67 bits per heavy atom. The molecule has 4 nitrogen and oxygen atoms in total. The second kappa shape index (κ2) is 2.30. The van der Waals surface area contributed by atoms with Gasteiger partial charge < -0.3 is 5.21 Å². The molecule has 1 heterocycles.